The molecule has 0 N–H and O–H groups in total. The Morgan fingerprint density at radius 3 is 2.64 bits per heavy atom. The van der Waals surface area contributed by atoms with E-state index in [1.165, 1.54) is 5.56 Å². The second-order valence-corrected chi connectivity index (χ2v) is 7.95. The summed E-state index contributed by atoms with van der Waals surface area (Å²) in [5.41, 5.74) is 5.33. The molecule has 124 valence electrons. The number of aromatic nitrogens is 4. The zero-order valence-electron chi connectivity index (χ0n) is 13.9. The first kappa shape index (κ1) is 16.2. The molecule has 25 heavy (non-hydrogen) atoms. The number of hydrogen-bond donors (Lipinski definition) is 0. The molecule has 0 aliphatic rings. The first-order valence-corrected chi connectivity index (χ1v) is 9.73. The van der Waals surface area contributed by atoms with Gasteiger partial charge in [0.05, 0.1) is 9.71 Å². The molecular formula is C19H16N4S2. The molecule has 4 rings (SSSR count). The average Bonchev–Trinajstić information content (AvgIpc) is 3.03. The second kappa shape index (κ2) is 6.90. The van der Waals surface area contributed by atoms with Crippen molar-refractivity contribution in [3.05, 3.63) is 64.9 Å². The Labute approximate surface area is 154 Å². The molecule has 0 fully saturated rings. The van der Waals surface area contributed by atoms with E-state index in [0.29, 0.717) is 0 Å². The molecule has 0 saturated carbocycles. The van der Waals surface area contributed by atoms with Gasteiger partial charge in [-0.2, -0.15) is 0 Å². The van der Waals surface area contributed by atoms with E-state index >= 15 is 0 Å². The van der Waals surface area contributed by atoms with Gasteiger partial charge in [0.1, 0.15) is 16.2 Å². The Bertz CT molecular complexity index is 1010. The van der Waals surface area contributed by atoms with Gasteiger partial charge in [0.2, 0.25) is 0 Å². The normalized spacial score (nSPS) is 11.1. The van der Waals surface area contributed by atoms with Crippen LogP contribution in [-0.2, 0) is 5.75 Å². The van der Waals surface area contributed by atoms with E-state index in [-0.39, 0.29) is 0 Å². The molecule has 0 aliphatic heterocycles. The zero-order chi connectivity index (χ0) is 17.2. The Hall–Kier alpha value is -2.31. The summed E-state index contributed by atoms with van der Waals surface area (Å²) in [4.78, 5) is 8.87. The van der Waals surface area contributed by atoms with Gasteiger partial charge in [-0.25, -0.2) is 4.98 Å². The summed E-state index contributed by atoms with van der Waals surface area (Å²) in [7, 11) is 0. The highest BCUT2D eigenvalue weighted by molar-refractivity contribution is 7.98. The number of aryl methyl sites for hydroxylation is 2. The van der Waals surface area contributed by atoms with Crippen LogP contribution in [0.1, 0.15) is 16.1 Å². The lowest BCUT2D eigenvalue weighted by Gasteiger charge is -2.05. The summed E-state index contributed by atoms with van der Waals surface area (Å²) >= 11 is 3.33. The zero-order valence-corrected chi connectivity index (χ0v) is 15.6. The summed E-state index contributed by atoms with van der Waals surface area (Å²) in [6, 6.07) is 12.4. The fourth-order valence-electron chi connectivity index (χ4n) is 2.55. The Balaban J connectivity index is 1.72. The molecule has 3 heterocycles. The molecule has 0 atom stereocenters. The van der Waals surface area contributed by atoms with E-state index in [2.05, 4.69) is 52.4 Å². The Kier molecular flexibility index (Phi) is 4.46. The standard InChI is InChI=1S/C19H16N4S2/c1-12-5-7-15(8-6-12)16-18-17(21-13(2)25-18)19(23-22-16)24-11-14-4-3-9-20-10-14/h3-10H,11H2,1-2H3. The summed E-state index contributed by atoms with van der Waals surface area (Å²) in [5.74, 6) is 0.804. The topological polar surface area (TPSA) is 51.6 Å². The van der Waals surface area contributed by atoms with Crippen LogP contribution >= 0.6 is 23.1 Å². The van der Waals surface area contributed by atoms with Gasteiger partial charge in [0.25, 0.3) is 0 Å². The minimum Gasteiger partial charge on any atom is -0.264 e. The van der Waals surface area contributed by atoms with Crippen molar-refractivity contribution in [2.45, 2.75) is 24.6 Å². The van der Waals surface area contributed by atoms with Gasteiger partial charge >= 0.3 is 0 Å². The monoisotopic (exact) mass is 364 g/mol. The number of nitrogens with zero attached hydrogens (tertiary/aromatic N) is 4. The fourth-order valence-corrected chi connectivity index (χ4v) is 4.40. The number of thioether (sulfide) groups is 1. The molecule has 0 aliphatic carbocycles. The summed E-state index contributed by atoms with van der Waals surface area (Å²) < 4.78 is 1.10. The SMILES string of the molecule is Cc1ccc(-c2nnc(SCc3cccnc3)c3nc(C)sc23)cc1. The molecular weight excluding hydrogens is 348 g/mol. The fraction of sp³-hybridized carbons (Fsp3) is 0.158. The van der Waals surface area contributed by atoms with Crippen molar-refractivity contribution >= 4 is 33.3 Å². The molecule has 0 bridgehead atoms. The van der Waals surface area contributed by atoms with Crippen molar-refractivity contribution in [1.29, 1.82) is 0 Å². The molecule has 4 aromatic rings. The number of hydrogen-bond acceptors (Lipinski definition) is 6. The molecule has 6 heteroatoms. The van der Waals surface area contributed by atoms with Gasteiger partial charge in [-0.05, 0) is 25.5 Å². The number of pyridine rings is 1. The van der Waals surface area contributed by atoms with E-state index in [0.717, 1.165) is 42.8 Å². The largest absolute Gasteiger partial charge is 0.264 e. The van der Waals surface area contributed by atoms with E-state index in [9.17, 15) is 0 Å². The van der Waals surface area contributed by atoms with Crippen molar-refractivity contribution < 1.29 is 0 Å². The molecule has 0 radical (unpaired) electrons. The maximum atomic E-state index is 4.71. The average molecular weight is 364 g/mol. The quantitative estimate of drug-likeness (QED) is 0.474. The highest BCUT2D eigenvalue weighted by Crippen LogP contribution is 2.36. The van der Waals surface area contributed by atoms with Crippen molar-refractivity contribution in [3.8, 4) is 11.3 Å². The van der Waals surface area contributed by atoms with Crippen LogP contribution in [0.3, 0.4) is 0 Å². The van der Waals surface area contributed by atoms with Crippen LogP contribution in [0.5, 0.6) is 0 Å². The molecule has 1 aromatic carbocycles. The number of thiazole rings is 1. The predicted molar refractivity (Wildman–Crippen MR) is 104 cm³/mol. The van der Waals surface area contributed by atoms with Gasteiger partial charge in [-0.15, -0.1) is 21.5 Å². The predicted octanol–water partition coefficient (Wildman–Crippen LogP) is 5.06. The highest BCUT2D eigenvalue weighted by atomic mass is 32.2. The third-order valence-corrected chi connectivity index (χ3v) is 5.82. The van der Waals surface area contributed by atoms with Crippen LogP contribution < -0.4 is 0 Å². The van der Waals surface area contributed by atoms with Crippen molar-refractivity contribution in [2.24, 2.45) is 0 Å². The first-order chi connectivity index (χ1) is 12.2. The lowest BCUT2D eigenvalue weighted by molar-refractivity contribution is 0.955. The van der Waals surface area contributed by atoms with Crippen LogP contribution in [0, 0.1) is 13.8 Å². The van der Waals surface area contributed by atoms with Crippen molar-refractivity contribution in [3.63, 3.8) is 0 Å². The minimum absolute atomic E-state index is 0.804. The van der Waals surface area contributed by atoms with E-state index in [1.54, 1.807) is 29.3 Å². The maximum absolute atomic E-state index is 4.71. The summed E-state index contributed by atoms with van der Waals surface area (Å²) in [6.07, 6.45) is 3.66. The Morgan fingerprint density at radius 2 is 1.88 bits per heavy atom. The maximum Gasteiger partial charge on any atom is 0.146 e. The van der Waals surface area contributed by atoms with Crippen LogP contribution in [-0.4, -0.2) is 20.2 Å². The number of benzene rings is 1. The van der Waals surface area contributed by atoms with Gasteiger partial charge in [-0.3, -0.25) is 4.98 Å². The highest BCUT2D eigenvalue weighted by Gasteiger charge is 2.15. The smallest absolute Gasteiger partial charge is 0.146 e. The van der Waals surface area contributed by atoms with Crippen LogP contribution in [0.4, 0.5) is 0 Å². The molecule has 0 amide bonds. The van der Waals surface area contributed by atoms with Gasteiger partial charge < -0.3 is 0 Å². The second-order valence-electron chi connectivity index (χ2n) is 5.78. The first-order valence-electron chi connectivity index (χ1n) is 7.93. The molecule has 3 aromatic heterocycles. The van der Waals surface area contributed by atoms with Crippen LogP contribution in [0.15, 0.2) is 53.8 Å². The molecule has 0 spiro atoms. The van der Waals surface area contributed by atoms with E-state index < -0.39 is 0 Å². The number of fused-ring (bicyclic) bond motifs is 1. The lowest BCUT2D eigenvalue weighted by atomic mass is 10.1. The van der Waals surface area contributed by atoms with Crippen LogP contribution in [0.2, 0.25) is 0 Å². The van der Waals surface area contributed by atoms with E-state index in [4.69, 9.17) is 4.98 Å². The molecule has 0 unspecified atom stereocenters. The molecule has 0 saturated heterocycles. The summed E-state index contributed by atoms with van der Waals surface area (Å²) in [5, 5.41) is 10.9. The van der Waals surface area contributed by atoms with Gasteiger partial charge in [-0.1, -0.05) is 47.7 Å². The van der Waals surface area contributed by atoms with Gasteiger partial charge in [0.15, 0.2) is 0 Å². The number of rotatable bonds is 4. The van der Waals surface area contributed by atoms with Crippen molar-refractivity contribution in [1.82, 2.24) is 20.2 Å². The third-order valence-electron chi connectivity index (χ3n) is 3.82. The van der Waals surface area contributed by atoms with Crippen LogP contribution in [0.25, 0.3) is 21.5 Å². The lowest BCUT2D eigenvalue weighted by Crippen LogP contribution is -1.93. The minimum atomic E-state index is 0.804. The van der Waals surface area contributed by atoms with Crippen molar-refractivity contribution in [2.75, 3.05) is 0 Å². The summed E-state index contributed by atoms with van der Waals surface area (Å²) in [6.45, 7) is 4.11. The van der Waals surface area contributed by atoms with Gasteiger partial charge in [0, 0.05) is 23.7 Å². The third kappa shape index (κ3) is 3.41. The van der Waals surface area contributed by atoms with E-state index in [1.807, 2.05) is 19.2 Å². The molecule has 4 nitrogen and oxygen atoms in total. The Morgan fingerprint density at radius 1 is 1.04 bits per heavy atom.